The van der Waals surface area contributed by atoms with E-state index >= 15 is 0 Å². The van der Waals surface area contributed by atoms with E-state index in [4.69, 9.17) is 10.5 Å². The maximum absolute atomic E-state index is 12.4. The molecule has 19 heavy (non-hydrogen) atoms. The van der Waals surface area contributed by atoms with Crippen LogP contribution in [0.3, 0.4) is 0 Å². The monoisotopic (exact) mass is 271 g/mol. The average Bonchev–Trinajstić information content (AvgIpc) is 2.46. The zero-order valence-corrected chi connectivity index (χ0v) is 12.1. The third-order valence-corrected chi connectivity index (χ3v) is 3.78. The van der Waals surface area contributed by atoms with Crippen molar-refractivity contribution in [1.29, 1.82) is 0 Å². The lowest BCUT2D eigenvalue weighted by molar-refractivity contribution is -0.139. The van der Waals surface area contributed by atoms with Crippen molar-refractivity contribution >= 4 is 12.0 Å². The molecule has 0 unspecified atom stereocenters. The topological polar surface area (TPSA) is 75.9 Å². The molecule has 0 bridgehead atoms. The molecule has 2 N–H and O–H groups in total. The number of carbonyl (C=O) groups excluding carboxylic acids is 2. The van der Waals surface area contributed by atoms with E-state index in [-0.39, 0.29) is 12.0 Å². The number of hydrogen-bond acceptors (Lipinski definition) is 4. The summed E-state index contributed by atoms with van der Waals surface area (Å²) < 4.78 is 4.95. The van der Waals surface area contributed by atoms with Gasteiger partial charge in [0, 0.05) is 26.2 Å². The number of piperazine rings is 1. The van der Waals surface area contributed by atoms with E-state index in [9.17, 15) is 9.59 Å². The van der Waals surface area contributed by atoms with Crippen molar-refractivity contribution in [2.45, 2.75) is 39.2 Å². The Hall–Kier alpha value is -1.30. The number of ether oxygens (including phenoxy) is 1. The number of hydrogen-bond donors (Lipinski definition) is 1. The third-order valence-electron chi connectivity index (χ3n) is 3.78. The van der Waals surface area contributed by atoms with Crippen LogP contribution >= 0.6 is 0 Å². The molecule has 1 saturated heterocycles. The predicted octanol–water partition coefficient (Wildman–Crippen LogP) is 0.805. The summed E-state index contributed by atoms with van der Waals surface area (Å²) in [6.07, 6.45) is 0.945. The van der Waals surface area contributed by atoms with Crippen molar-refractivity contribution in [3.8, 4) is 0 Å². The number of amides is 2. The molecule has 6 heteroatoms. The highest BCUT2D eigenvalue weighted by atomic mass is 16.6. The first-order valence-corrected chi connectivity index (χ1v) is 6.98. The van der Waals surface area contributed by atoms with Gasteiger partial charge in [0.05, 0.1) is 12.1 Å². The van der Waals surface area contributed by atoms with Gasteiger partial charge in [0.25, 0.3) is 0 Å². The second-order valence-electron chi connectivity index (χ2n) is 4.84. The van der Waals surface area contributed by atoms with Crippen molar-refractivity contribution in [2.24, 2.45) is 5.73 Å². The molecular weight excluding hydrogens is 246 g/mol. The SMILES string of the molecule is CCOC(=O)N1CCN(C(=O)C(N)(CC)CC)CC1. The summed E-state index contributed by atoms with van der Waals surface area (Å²) in [5, 5.41) is 0. The Labute approximate surface area is 114 Å². The van der Waals surface area contributed by atoms with E-state index in [0.717, 1.165) is 0 Å². The highest BCUT2D eigenvalue weighted by molar-refractivity contribution is 5.86. The predicted molar refractivity (Wildman–Crippen MR) is 72.7 cm³/mol. The van der Waals surface area contributed by atoms with Gasteiger partial charge in [0.1, 0.15) is 0 Å². The van der Waals surface area contributed by atoms with Crippen molar-refractivity contribution in [2.75, 3.05) is 32.8 Å². The molecule has 6 nitrogen and oxygen atoms in total. The first-order valence-electron chi connectivity index (χ1n) is 6.98. The third kappa shape index (κ3) is 3.59. The Bertz CT molecular complexity index is 321. The van der Waals surface area contributed by atoms with Crippen LogP contribution in [0.2, 0.25) is 0 Å². The highest BCUT2D eigenvalue weighted by Crippen LogP contribution is 2.17. The fourth-order valence-electron chi connectivity index (χ4n) is 2.17. The van der Waals surface area contributed by atoms with Gasteiger partial charge in [-0.05, 0) is 19.8 Å². The van der Waals surface area contributed by atoms with Crippen LogP contribution in [-0.4, -0.2) is 60.1 Å². The summed E-state index contributed by atoms with van der Waals surface area (Å²) in [7, 11) is 0. The Morgan fingerprint density at radius 3 is 1.95 bits per heavy atom. The van der Waals surface area contributed by atoms with Crippen LogP contribution in [0.4, 0.5) is 4.79 Å². The van der Waals surface area contributed by atoms with Crippen molar-refractivity contribution in [1.82, 2.24) is 9.80 Å². The first kappa shape index (κ1) is 15.8. The van der Waals surface area contributed by atoms with Gasteiger partial charge in [0.2, 0.25) is 5.91 Å². The zero-order chi connectivity index (χ0) is 14.5. The van der Waals surface area contributed by atoms with Gasteiger partial charge in [-0.2, -0.15) is 0 Å². The zero-order valence-electron chi connectivity index (χ0n) is 12.1. The molecule has 0 aliphatic carbocycles. The maximum atomic E-state index is 12.4. The first-order chi connectivity index (χ1) is 8.98. The number of nitrogens with zero attached hydrogens (tertiary/aromatic N) is 2. The van der Waals surface area contributed by atoms with Crippen LogP contribution in [0.1, 0.15) is 33.6 Å². The van der Waals surface area contributed by atoms with Crippen LogP contribution in [-0.2, 0) is 9.53 Å². The summed E-state index contributed by atoms with van der Waals surface area (Å²) in [5.74, 6) is -0.0130. The van der Waals surface area contributed by atoms with E-state index in [0.29, 0.717) is 45.6 Å². The largest absolute Gasteiger partial charge is 0.450 e. The highest BCUT2D eigenvalue weighted by Gasteiger charge is 2.36. The van der Waals surface area contributed by atoms with Gasteiger partial charge in [-0.15, -0.1) is 0 Å². The van der Waals surface area contributed by atoms with E-state index in [2.05, 4.69) is 0 Å². The van der Waals surface area contributed by atoms with Crippen molar-refractivity contribution < 1.29 is 14.3 Å². The molecule has 1 fully saturated rings. The van der Waals surface area contributed by atoms with E-state index in [1.165, 1.54) is 0 Å². The fraction of sp³-hybridized carbons (Fsp3) is 0.846. The molecule has 0 aromatic carbocycles. The molecule has 1 aliphatic heterocycles. The molecule has 0 aromatic rings. The molecular formula is C13H25N3O3. The van der Waals surface area contributed by atoms with E-state index < -0.39 is 5.54 Å². The molecule has 1 heterocycles. The number of rotatable bonds is 4. The standard InChI is InChI=1S/C13H25N3O3/c1-4-13(14,5-2)11(17)15-7-9-16(10-8-15)12(18)19-6-3/h4-10,14H2,1-3H3. The molecule has 2 amide bonds. The van der Waals surface area contributed by atoms with Crippen molar-refractivity contribution in [3.05, 3.63) is 0 Å². The van der Waals surface area contributed by atoms with Gasteiger partial charge in [-0.25, -0.2) is 4.79 Å². The molecule has 1 rings (SSSR count). The van der Waals surface area contributed by atoms with Gasteiger partial charge in [-0.1, -0.05) is 13.8 Å². The Morgan fingerprint density at radius 2 is 1.53 bits per heavy atom. The van der Waals surface area contributed by atoms with Crippen LogP contribution in [0.25, 0.3) is 0 Å². The Morgan fingerprint density at radius 1 is 1.05 bits per heavy atom. The summed E-state index contributed by atoms with van der Waals surface area (Å²) in [4.78, 5) is 27.3. The minimum Gasteiger partial charge on any atom is -0.450 e. The van der Waals surface area contributed by atoms with Gasteiger partial charge >= 0.3 is 6.09 Å². The Balaban J connectivity index is 2.54. The minimum atomic E-state index is -0.772. The Kier molecular flexibility index (Phi) is 5.60. The van der Waals surface area contributed by atoms with Gasteiger partial charge in [-0.3, -0.25) is 4.79 Å². The summed E-state index contributed by atoms with van der Waals surface area (Å²) in [6.45, 7) is 8.07. The van der Waals surface area contributed by atoms with Gasteiger partial charge < -0.3 is 20.3 Å². The average molecular weight is 271 g/mol. The summed E-state index contributed by atoms with van der Waals surface area (Å²) in [6, 6.07) is 0. The lowest BCUT2D eigenvalue weighted by Gasteiger charge is -2.38. The maximum Gasteiger partial charge on any atom is 0.409 e. The molecule has 0 aromatic heterocycles. The van der Waals surface area contributed by atoms with Crippen LogP contribution in [0.5, 0.6) is 0 Å². The molecule has 0 saturated carbocycles. The second-order valence-corrected chi connectivity index (χ2v) is 4.84. The summed E-state index contributed by atoms with van der Waals surface area (Å²) in [5.41, 5.74) is 5.34. The van der Waals surface area contributed by atoms with Gasteiger partial charge in [0.15, 0.2) is 0 Å². The molecule has 0 atom stereocenters. The molecule has 0 spiro atoms. The van der Waals surface area contributed by atoms with Crippen LogP contribution < -0.4 is 5.73 Å². The lowest BCUT2D eigenvalue weighted by Crippen LogP contribution is -2.59. The second kappa shape index (κ2) is 6.75. The fourth-order valence-corrected chi connectivity index (χ4v) is 2.17. The number of nitrogens with two attached hydrogens (primary N) is 1. The minimum absolute atomic E-state index is 0.0130. The molecule has 110 valence electrons. The van der Waals surface area contributed by atoms with Crippen LogP contribution in [0, 0.1) is 0 Å². The quantitative estimate of drug-likeness (QED) is 0.820. The van der Waals surface area contributed by atoms with Crippen LogP contribution in [0.15, 0.2) is 0 Å². The lowest BCUT2D eigenvalue weighted by atomic mass is 9.92. The van der Waals surface area contributed by atoms with E-state index in [1.54, 1.807) is 16.7 Å². The van der Waals surface area contributed by atoms with E-state index in [1.807, 2.05) is 13.8 Å². The summed E-state index contributed by atoms with van der Waals surface area (Å²) >= 11 is 0. The smallest absolute Gasteiger partial charge is 0.409 e. The number of carbonyl (C=O) groups is 2. The van der Waals surface area contributed by atoms with Crippen molar-refractivity contribution in [3.63, 3.8) is 0 Å². The normalized spacial score (nSPS) is 16.4. The molecule has 1 aliphatic rings. The molecule has 0 radical (unpaired) electrons.